The van der Waals surface area contributed by atoms with Gasteiger partial charge in [-0.2, -0.15) is 0 Å². The lowest BCUT2D eigenvalue weighted by Gasteiger charge is -2.42. The molecule has 3 aliphatic rings. The fourth-order valence-electron chi connectivity index (χ4n) is 13.5. The number of nitrogens with zero attached hydrogens (tertiary/aromatic N) is 9. The summed E-state index contributed by atoms with van der Waals surface area (Å²) in [6.07, 6.45) is 2.32. The number of nitrogens with one attached hydrogen (secondary N) is 3. The van der Waals surface area contributed by atoms with Crippen LogP contribution in [0.4, 0.5) is 0 Å². The zero-order chi connectivity index (χ0) is 75.2. The molecule has 4 N–H and O–H groups in total. The molecule has 0 aromatic rings. The summed E-state index contributed by atoms with van der Waals surface area (Å²) in [6.45, 7) is 32.2. The van der Waals surface area contributed by atoms with Gasteiger partial charge in [-0.15, -0.1) is 0 Å². The number of morpholine rings is 1. The minimum Gasteiger partial charge on any atom is -0.390 e. The number of fused-ring (bicyclic) bond motifs is 2. The van der Waals surface area contributed by atoms with Gasteiger partial charge in [0.2, 0.25) is 65.0 Å². The molecule has 11 amide bonds. The highest BCUT2D eigenvalue weighted by atomic mass is 32.2. The molecule has 3 heterocycles. The Bertz CT molecular complexity index is 2940. The van der Waals surface area contributed by atoms with Gasteiger partial charge in [0.05, 0.1) is 29.8 Å². The predicted molar refractivity (Wildman–Crippen MR) is 376 cm³/mol. The summed E-state index contributed by atoms with van der Waals surface area (Å²) in [5.41, 5.74) is 0. The number of aliphatic hydroxyl groups excluding tert-OH is 1. The summed E-state index contributed by atoms with van der Waals surface area (Å²) in [4.78, 5) is 177. The Balaban J connectivity index is 2.45. The van der Waals surface area contributed by atoms with Gasteiger partial charge < -0.3 is 65.0 Å². The lowest BCUT2D eigenvalue weighted by atomic mass is 9.91. The Hall–Kier alpha value is -6.26. The molecule has 3 aliphatic heterocycles. The summed E-state index contributed by atoms with van der Waals surface area (Å²) < 4.78 is 34.1. The number of allylic oxidation sites excluding steroid dienone is 2. The third-order valence-electron chi connectivity index (χ3n) is 19.9. The molecule has 3 rings (SSSR count). The Labute approximate surface area is 585 Å². The van der Waals surface area contributed by atoms with Crippen LogP contribution in [0, 0.1) is 35.5 Å². The highest BCUT2D eigenvalue weighted by Gasteiger charge is 2.50. The van der Waals surface area contributed by atoms with Crippen LogP contribution in [-0.2, 0) is 67.3 Å². The number of ether oxygens (including phenoxy) is 1. The van der Waals surface area contributed by atoms with Crippen LogP contribution in [0.5, 0.6) is 0 Å². The van der Waals surface area contributed by atoms with Crippen molar-refractivity contribution in [3.8, 4) is 0 Å². The molecule has 560 valence electrons. The van der Waals surface area contributed by atoms with E-state index in [0.29, 0.717) is 26.3 Å². The molecule has 0 aromatic carbocycles. The van der Waals surface area contributed by atoms with E-state index in [-0.39, 0.29) is 62.8 Å². The van der Waals surface area contributed by atoms with Gasteiger partial charge in [0.1, 0.15) is 66.5 Å². The van der Waals surface area contributed by atoms with Crippen LogP contribution >= 0.6 is 0 Å². The fourth-order valence-corrected chi connectivity index (χ4v) is 15.1. The number of amides is 11. The SMILES string of the molecule is C/C=C/C[C@@H](C)[C@@H](O)[C@@H]1C(=O)N[C@H](CC)C(=O)N(C)[C@H](CS(=O)(=O)C(C)(C)CN2CCOCC2)C(=O)N(C)[C@@H](CC(C)C)C(=O)N[C@H](C(C)C)C(=O)N(C)[C@@H]2CC(C)N(C2=O)[C@H](C)C(=O)N[C@@H](C)C(=O)N(C)[C@H](CC(C)C)C(=O)N(C)[C@H](CC(C)C)C(=O)N(C)[C@H](C(C)C)C(=O)N1C. The maximum absolute atomic E-state index is 15.6. The van der Waals surface area contributed by atoms with Crippen molar-refractivity contribution in [3.05, 3.63) is 12.2 Å². The molecular weight excluding hydrogens is 1280 g/mol. The van der Waals surface area contributed by atoms with Crippen molar-refractivity contribution < 1.29 is 71.0 Å². The lowest BCUT2D eigenvalue weighted by Crippen LogP contribution is -2.64. The fraction of sp³-hybridized carbons (Fsp3) is 0.814. The Morgan fingerprint density at radius 1 is 0.551 bits per heavy atom. The average molecular weight is 1410 g/mol. The van der Waals surface area contributed by atoms with Crippen molar-refractivity contribution in [2.75, 3.05) is 87.9 Å². The van der Waals surface area contributed by atoms with Gasteiger partial charge in [-0.25, -0.2) is 8.42 Å². The molecule has 3 fully saturated rings. The van der Waals surface area contributed by atoms with Gasteiger partial charge in [-0.3, -0.25) is 57.6 Å². The van der Waals surface area contributed by atoms with Gasteiger partial charge in [-0.05, 0) is 116 Å². The second kappa shape index (κ2) is 36.9. The number of aliphatic hydroxyl groups is 1. The van der Waals surface area contributed by atoms with Gasteiger partial charge in [0.25, 0.3) is 0 Å². The van der Waals surface area contributed by atoms with Crippen molar-refractivity contribution >= 4 is 74.8 Å². The maximum atomic E-state index is 15.6. The molecule has 98 heavy (non-hydrogen) atoms. The molecule has 0 aliphatic carbocycles. The van der Waals surface area contributed by atoms with E-state index >= 15 is 42.0 Å². The van der Waals surface area contributed by atoms with E-state index < -0.39 is 182 Å². The smallest absolute Gasteiger partial charge is 0.246 e. The van der Waals surface area contributed by atoms with E-state index in [1.165, 1.54) is 102 Å². The molecule has 14 atom stereocenters. The number of hydrogen-bond acceptors (Lipinski definition) is 16. The van der Waals surface area contributed by atoms with Gasteiger partial charge >= 0.3 is 0 Å². The average Bonchev–Trinajstić information content (AvgIpc) is 0.890. The summed E-state index contributed by atoms with van der Waals surface area (Å²) in [6, 6.07) is -15.7. The van der Waals surface area contributed by atoms with E-state index in [2.05, 4.69) is 16.0 Å². The number of carbonyl (C=O) groups excluding carboxylic acids is 11. The second-order valence-electron chi connectivity index (χ2n) is 30.4. The van der Waals surface area contributed by atoms with Crippen molar-refractivity contribution in [3.63, 3.8) is 0 Å². The van der Waals surface area contributed by atoms with Crippen LogP contribution in [-0.4, -0.2) is 294 Å². The lowest BCUT2D eigenvalue weighted by molar-refractivity contribution is -0.157. The highest BCUT2D eigenvalue weighted by Crippen LogP contribution is 2.30. The first-order valence-corrected chi connectivity index (χ1v) is 36.8. The van der Waals surface area contributed by atoms with E-state index in [1.54, 1.807) is 81.4 Å². The predicted octanol–water partition coefficient (Wildman–Crippen LogP) is 2.62. The van der Waals surface area contributed by atoms with Crippen molar-refractivity contribution in [2.45, 2.75) is 247 Å². The number of sulfone groups is 1. The first kappa shape index (κ1) is 86.0. The number of hydrogen-bond donors (Lipinski definition) is 4. The molecule has 1 unspecified atom stereocenters. The normalized spacial score (nSPS) is 28.4. The van der Waals surface area contributed by atoms with E-state index in [1.807, 2.05) is 32.6 Å². The third kappa shape index (κ3) is 21.2. The molecule has 27 nitrogen and oxygen atoms in total. The van der Waals surface area contributed by atoms with Crippen LogP contribution in [0.25, 0.3) is 0 Å². The van der Waals surface area contributed by atoms with Crippen LogP contribution in [0.2, 0.25) is 0 Å². The summed E-state index contributed by atoms with van der Waals surface area (Å²) >= 11 is 0. The van der Waals surface area contributed by atoms with Gasteiger partial charge in [-0.1, -0.05) is 95.2 Å². The molecule has 3 saturated heterocycles. The monoisotopic (exact) mass is 1400 g/mol. The van der Waals surface area contributed by atoms with Crippen molar-refractivity contribution in [1.29, 1.82) is 0 Å². The minimum atomic E-state index is -4.41. The molecule has 0 saturated carbocycles. The van der Waals surface area contributed by atoms with Crippen molar-refractivity contribution in [1.82, 2.24) is 60.0 Å². The Kier molecular flexibility index (Phi) is 32.4. The maximum Gasteiger partial charge on any atom is 0.246 e. The second-order valence-corrected chi connectivity index (χ2v) is 33.1. The largest absolute Gasteiger partial charge is 0.390 e. The number of rotatable bonds is 18. The number of carbonyl (C=O) groups is 11. The quantitative estimate of drug-likeness (QED) is 0.143. The topological polar surface area (TPSA) is 317 Å². The highest BCUT2D eigenvalue weighted by molar-refractivity contribution is 7.92. The first-order valence-electron chi connectivity index (χ1n) is 35.2. The number of likely N-dealkylation sites (N-methyl/N-ethyl adjacent to an activating group) is 7. The third-order valence-corrected chi connectivity index (χ3v) is 22.5. The van der Waals surface area contributed by atoms with Gasteiger partial charge in [0.15, 0.2) is 9.84 Å². The van der Waals surface area contributed by atoms with E-state index in [9.17, 15) is 24.3 Å². The first-order chi connectivity index (χ1) is 45.3. The van der Waals surface area contributed by atoms with Gasteiger partial charge in [0, 0.05) is 75.0 Å². The molecule has 2 bridgehead atoms. The molecule has 0 spiro atoms. The molecule has 0 radical (unpaired) electrons. The Morgan fingerprint density at radius 3 is 1.51 bits per heavy atom. The Morgan fingerprint density at radius 2 is 1.02 bits per heavy atom. The zero-order valence-corrected chi connectivity index (χ0v) is 64.5. The van der Waals surface area contributed by atoms with Crippen LogP contribution in [0.1, 0.15) is 163 Å². The van der Waals surface area contributed by atoms with Crippen molar-refractivity contribution in [2.24, 2.45) is 35.5 Å². The summed E-state index contributed by atoms with van der Waals surface area (Å²) in [5.74, 6) is -11.9. The van der Waals surface area contributed by atoms with Crippen LogP contribution in [0.3, 0.4) is 0 Å². The van der Waals surface area contributed by atoms with E-state index in [0.717, 1.165) is 14.7 Å². The van der Waals surface area contributed by atoms with Crippen LogP contribution < -0.4 is 16.0 Å². The zero-order valence-electron chi connectivity index (χ0n) is 63.7. The summed E-state index contributed by atoms with van der Waals surface area (Å²) in [5, 5.41) is 20.7. The standard InChI is InChI=1S/C70H124N12O15S/c1-26-28-29-45(13)58(83)57-61(86)72-49(27-2)63(88)78(23)54(38-98(95,96)70(17,18)39-81-30-32-97-33-31-81)66(91)74(19)50(34-40(3)4)60(85)73-55(43(9)10)68(93)77(22)53-37-46(14)82(67(53)92)48(16)59(84)71-47(15)62(87)75(20)51(35-41(5)6)64(89)76(21)52(36-42(7)8)65(90)79(24)56(44(11)12)69(94)80(57)25/h26,28,40-58,83H,27,29-39H2,1-25H3,(H,71,84)(H,72,86)(H,73,85)/b28-26+/t45-,46?,47+,48-,49-,50+,51-,52-,53-,54-,55-,56-,57-,58-/m1/s1. The molecule has 28 heteroatoms. The minimum absolute atomic E-state index is 0.0134. The van der Waals surface area contributed by atoms with Crippen LogP contribution in [0.15, 0.2) is 12.2 Å². The molecular formula is C70H124N12O15S. The summed E-state index contributed by atoms with van der Waals surface area (Å²) in [7, 11) is 5.16. The molecule has 0 aromatic heterocycles. The van der Waals surface area contributed by atoms with E-state index in [4.69, 9.17) is 4.74 Å².